The summed E-state index contributed by atoms with van der Waals surface area (Å²) in [6.07, 6.45) is 2.25. The Balaban J connectivity index is 0.000000221. The standard InChI is InChI=1S/C10H14N2.C4H4O4/c1-11-9-6-8-4-2-3-5-10(8)12-7-9;5-3(6)1-2-4(7)8/h2-5,9,11-12H,6-7H2,1H3;1-2H,(H,5,6)(H,7,8). The highest BCUT2D eigenvalue weighted by Crippen LogP contribution is 2.20. The van der Waals surface area contributed by atoms with E-state index in [9.17, 15) is 9.59 Å². The number of benzene rings is 1. The van der Waals surface area contributed by atoms with Crippen molar-refractivity contribution >= 4 is 17.6 Å². The molecule has 1 aliphatic heterocycles. The minimum Gasteiger partial charge on any atom is -0.478 e. The van der Waals surface area contributed by atoms with Gasteiger partial charge >= 0.3 is 11.9 Å². The van der Waals surface area contributed by atoms with E-state index >= 15 is 0 Å². The van der Waals surface area contributed by atoms with Crippen molar-refractivity contribution in [2.45, 2.75) is 12.5 Å². The van der Waals surface area contributed by atoms with Crippen molar-refractivity contribution in [3.8, 4) is 0 Å². The largest absolute Gasteiger partial charge is 0.478 e. The molecule has 0 spiro atoms. The summed E-state index contributed by atoms with van der Waals surface area (Å²) in [7, 11) is 2.01. The van der Waals surface area contributed by atoms with Crippen molar-refractivity contribution in [2.75, 3.05) is 18.9 Å². The summed E-state index contributed by atoms with van der Waals surface area (Å²) >= 11 is 0. The fourth-order valence-corrected chi connectivity index (χ4v) is 1.79. The molecule has 6 nitrogen and oxygen atoms in total. The van der Waals surface area contributed by atoms with Crippen LogP contribution in [0.2, 0.25) is 0 Å². The first-order valence-corrected chi connectivity index (χ1v) is 6.16. The normalized spacial score (nSPS) is 16.6. The van der Waals surface area contributed by atoms with Crippen LogP contribution in [0.5, 0.6) is 0 Å². The van der Waals surface area contributed by atoms with Crippen molar-refractivity contribution in [1.82, 2.24) is 5.32 Å². The number of rotatable bonds is 3. The van der Waals surface area contributed by atoms with Gasteiger partial charge in [-0.3, -0.25) is 0 Å². The highest BCUT2D eigenvalue weighted by Gasteiger charge is 2.14. The maximum absolute atomic E-state index is 9.55. The molecule has 1 aromatic carbocycles. The van der Waals surface area contributed by atoms with Crippen LogP contribution in [-0.4, -0.2) is 41.8 Å². The van der Waals surface area contributed by atoms with Crippen molar-refractivity contribution < 1.29 is 19.8 Å². The number of para-hydroxylation sites is 1. The third-order valence-electron chi connectivity index (χ3n) is 2.80. The van der Waals surface area contributed by atoms with Gasteiger partial charge in [0.2, 0.25) is 0 Å². The summed E-state index contributed by atoms with van der Waals surface area (Å²) in [6, 6.07) is 9.08. The number of carboxylic acid groups (broad SMARTS) is 2. The van der Waals surface area contributed by atoms with Crippen molar-refractivity contribution in [3.63, 3.8) is 0 Å². The first kappa shape index (κ1) is 15.7. The molecule has 1 aliphatic rings. The van der Waals surface area contributed by atoms with Gasteiger partial charge in [0.25, 0.3) is 0 Å². The molecule has 0 saturated carbocycles. The molecule has 6 heteroatoms. The molecule has 0 fully saturated rings. The maximum atomic E-state index is 9.55. The second-order valence-electron chi connectivity index (χ2n) is 4.24. The molecule has 1 atom stereocenters. The Morgan fingerprint density at radius 2 is 1.85 bits per heavy atom. The van der Waals surface area contributed by atoms with Crippen LogP contribution in [0, 0.1) is 0 Å². The third kappa shape index (κ3) is 5.53. The lowest BCUT2D eigenvalue weighted by atomic mass is 10.0. The highest BCUT2D eigenvalue weighted by atomic mass is 16.4. The Bertz CT molecular complexity index is 484. The highest BCUT2D eigenvalue weighted by molar-refractivity contribution is 5.89. The zero-order valence-electron chi connectivity index (χ0n) is 11.2. The topological polar surface area (TPSA) is 98.7 Å². The minimum atomic E-state index is -1.26. The van der Waals surface area contributed by atoms with Crippen LogP contribution in [0.4, 0.5) is 5.69 Å². The van der Waals surface area contributed by atoms with Crippen LogP contribution < -0.4 is 10.6 Å². The average molecular weight is 278 g/mol. The summed E-state index contributed by atoms with van der Waals surface area (Å²) in [5, 5.41) is 22.3. The quantitative estimate of drug-likeness (QED) is 0.615. The monoisotopic (exact) mass is 278 g/mol. The lowest BCUT2D eigenvalue weighted by Crippen LogP contribution is -2.37. The Labute approximate surface area is 117 Å². The third-order valence-corrected chi connectivity index (χ3v) is 2.80. The van der Waals surface area contributed by atoms with Gasteiger partial charge in [0, 0.05) is 30.4 Å². The van der Waals surface area contributed by atoms with Crippen LogP contribution in [0.1, 0.15) is 5.56 Å². The van der Waals surface area contributed by atoms with E-state index < -0.39 is 11.9 Å². The van der Waals surface area contributed by atoms with Gasteiger partial charge in [-0.2, -0.15) is 0 Å². The van der Waals surface area contributed by atoms with Crippen LogP contribution in [-0.2, 0) is 16.0 Å². The van der Waals surface area contributed by atoms with Gasteiger partial charge in [0.15, 0.2) is 0 Å². The van der Waals surface area contributed by atoms with Crippen molar-refractivity contribution in [3.05, 3.63) is 42.0 Å². The number of carbonyl (C=O) groups is 2. The van der Waals surface area contributed by atoms with E-state index in [1.165, 1.54) is 11.3 Å². The summed E-state index contributed by atoms with van der Waals surface area (Å²) in [6.45, 7) is 1.04. The maximum Gasteiger partial charge on any atom is 0.328 e. The molecule has 2 rings (SSSR count). The molecule has 108 valence electrons. The van der Waals surface area contributed by atoms with Gasteiger partial charge < -0.3 is 20.8 Å². The van der Waals surface area contributed by atoms with E-state index in [0.29, 0.717) is 18.2 Å². The van der Waals surface area contributed by atoms with Gasteiger partial charge in [-0.25, -0.2) is 9.59 Å². The lowest BCUT2D eigenvalue weighted by Gasteiger charge is -2.25. The van der Waals surface area contributed by atoms with E-state index in [2.05, 4.69) is 34.9 Å². The summed E-state index contributed by atoms with van der Waals surface area (Å²) in [4.78, 5) is 19.1. The molecular weight excluding hydrogens is 260 g/mol. The smallest absolute Gasteiger partial charge is 0.328 e. The zero-order valence-corrected chi connectivity index (χ0v) is 11.2. The van der Waals surface area contributed by atoms with Crippen molar-refractivity contribution in [2.24, 2.45) is 0 Å². The number of likely N-dealkylation sites (N-methyl/N-ethyl adjacent to an activating group) is 1. The summed E-state index contributed by atoms with van der Waals surface area (Å²) < 4.78 is 0. The van der Waals surface area contributed by atoms with E-state index in [1.54, 1.807) is 0 Å². The predicted molar refractivity (Wildman–Crippen MR) is 75.9 cm³/mol. The summed E-state index contributed by atoms with van der Waals surface area (Å²) in [5.74, 6) is -2.51. The predicted octanol–water partition coefficient (Wildman–Crippen LogP) is 0.954. The zero-order chi connectivity index (χ0) is 15.0. The molecule has 0 saturated heterocycles. The number of aliphatic carboxylic acids is 2. The second-order valence-corrected chi connectivity index (χ2v) is 4.24. The van der Waals surface area contributed by atoms with Crippen LogP contribution in [0.15, 0.2) is 36.4 Å². The molecule has 1 heterocycles. The first-order valence-electron chi connectivity index (χ1n) is 6.16. The van der Waals surface area contributed by atoms with E-state index in [1.807, 2.05) is 7.05 Å². The molecule has 1 unspecified atom stereocenters. The number of nitrogens with one attached hydrogen (secondary N) is 2. The van der Waals surface area contributed by atoms with E-state index in [4.69, 9.17) is 10.2 Å². The van der Waals surface area contributed by atoms with Crippen LogP contribution in [0.25, 0.3) is 0 Å². The van der Waals surface area contributed by atoms with Gasteiger partial charge in [-0.1, -0.05) is 18.2 Å². The minimum absolute atomic E-state index is 0.558. The van der Waals surface area contributed by atoms with E-state index in [0.717, 1.165) is 13.0 Å². The molecule has 0 bridgehead atoms. The number of hydrogen-bond acceptors (Lipinski definition) is 4. The molecule has 1 aromatic rings. The average Bonchev–Trinajstić information content (AvgIpc) is 2.45. The molecular formula is C14H18N2O4. The van der Waals surface area contributed by atoms with Gasteiger partial charge in [-0.05, 0) is 25.1 Å². The fraction of sp³-hybridized carbons (Fsp3) is 0.286. The number of fused-ring (bicyclic) bond motifs is 1. The van der Waals surface area contributed by atoms with Crippen LogP contribution in [0.3, 0.4) is 0 Å². The number of carboxylic acids is 2. The van der Waals surface area contributed by atoms with Gasteiger partial charge in [0.1, 0.15) is 0 Å². The summed E-state index contributed by atoms with van der Waals surface area (Å²) in [5.41, 5.74) is 2.71. The molecule has 0 radical (unpaired) electrons. The van der Waals surface area contributed by atoms with Gasteiger partial charge in [-0.15, -0.1) is 0 Å². The molecule has 20 heavy (non-hydrogen) atoms. The molecule has 0 aromatic heterocycles. The molecule has 4 N–H and O–H groups in total. The van der Waals surface area contributed by atoms with Crippen LogP contribution >= 0.6 is 0 Å². The Morgan fingerprint density at radius 3 is 2.40 bits per heavy atom. The number of hydrogen-bond donors (Lipinski definition) is 4. The Kier molecular flexibility index (Phi) is 6.25. The van der Waals surface area contributed by atoms with Crippen molar-refractivity contribution in [1.29, 1.82) is 0 Å². The second kappa shape index (κ2) is 7.96. The molecule has 0 amide bonds. The number of anilines is 1. The lowest BCUT2D eigenvalue weighted by molar-refractivity contribution is -0.134. The molecule has 0 aliphatic carbocycles. The Morgan fingerprint density at radius 1 is 1.25 bits per heavy atom. The first-order chi connectivity index (χ1) is 9.52. The van der Waals surface area contributed by atoms with E-state index in [-0.39, 0.29) is 0 Å². The fourth-order valence-electron chi connectivity index (χ4n) is 1.79. The SMILES string of the molecule is CNC1CNc2ccccc2C1.O=C(O)C=CC(=O)O. The Hall–Kier alpha value is -2.34. The van der Waals surface area contributed by atoms with Gasteiger partial charge in [0.05, 0.1) is 0 Å².